The molecule has 0 bridgehead atoms. The summed E-state index contributed by atoms with van der Waals surface area (Å²) in [4.78, 5) is 12.6. The number of amides is 1. The maximum Gasteiger partial charge on any atom is 0.268 e. The van der Waals surface area contributed by atoms with Gasteiger partial charge in [-0.15, -0.1) is 10.2 Å². The van der Waals surface area contributed by atoms with Crippen molar-refractivity contribution in [3.05, 3.63) is 58.4 Å². The number of carbonyl (C=O) groups is 1. The predicted molar refractivity (Wildman–Crippen MR) is 124 cm³/mol. The summed E-state index contributed by atoms with van der Waals surface area (Å²) < 4.78 is 25.7. The highest BCUT2D eigenvalue weighted by atomic mass is 32.2. The van der Waals surface area contributed by atoms with Gasteiger partial charge in [-0.2, -0.15) is 5.26 Å². The highest BCUT2D eigenvalue weighted by Gasteiger charge is 2.20. The summed E-state index contributed by atoms with van der Waals surface area (Å²) >= 11 is 0.754. The third kappa shape index (κ3) is 4.79. The number of nitrogens with zero attached hydrogens (tertiary/aromatic N) is 4. The van der Waals surface area contributed by atoms with Gasteiger partial charge in [-0.1, -0.05) is 37.3 Å². The minimum Gasteiger partial charge on any atom is -0.318 e. The first-order valence-electron chi connectivity index (χ1n) is 9.97. The zero-order valence-corrected chi connectivity index (χ0v) is 19.8. The molecule has 0 aliphatic rings. The van der Waals surface area contributed by atoms with E-state index < -0.39 is 15.7 Å². The molecule has 3 rings (SSSR count). The van der Waals surface area contributed by atoms with Crippen molar-refractivity contribution in [2.45, 2.75) is 38.5 Å². The van der Waals surface area contributed by atoms with Gasteiger partial charge in [0.05, 0.1) is 5.75 Å². The first-order valence-corrected chi connectivity index (χ1v) is 12.4. The van der Waals surface area contributed by atoms with E-state index in [4.69, 9.17) is 0 Å². The molecule has 1 amide bonds. The van der Waals surface area contributed by atoms with Gasteiger partial charge in [0, 0.05) is 17.1 Å². The molecule has 3 aromatic rings. The van der Waals surface area contributed by atoms with Crippen molar-refractivity contribution < 1.29 is 13.2 Å². The molecule has 1 aromatic carbocycles. The number of hydrogen-bond acceptors (Lipinski definition) is 7. The lowest BCUT2D eigenvalue weighted by atomic mass is 10.1. The number of anilines is 1. The topological polar surface area (TPSA) is 118 Å². The van der Waals surface area contributed by atoms with Crippen LogP contribution in [0.1, 0.15) is 36.4 Å². The van der Waals surface area contributed by atoms with Crippen molar-refractivity contribution in [3.63, 3.8) is 0 Å². The fourth-order valence-electron chi connectivity index (χ4n) is 3.19. The van der Waals surface area contributed by atoms with Gasteiger partial charge in [0.15, 0.2) is 0 Å². The van der Waals surface area contributed by atoms with Crippen molar-refractivity contribution in [2.24, 2.45) is 0 Å². The van der Waals surface area contributed by atoms with E-state index in [2.05, 4.69) is 39.1 Å². The van der Waals surface area contributed by atoms with Crippen molar-refractivity contribution in [1.82, 2.24) is 14.8 Å². The Labute approximate surface area is 191 Å². The molecule has 2 aromatic heterocycles. The highest BCUT2D eigenvalue weighted by Crippen LogP contribution is 2.25. The van der Waals surface area contributed by atoms with Crippen molar-refractivity contribution >= 4 is 38.3 Å². The minimum atomic E-state index is -3.51. The fourth-order valence-corrected chi connectivity index (χ4v) is 5.17. The molecule has 0 saturated carbocycles. The summed E-state index contributed by atoms with van der Waals surface area (Å²) in [5.74, 6) is -0.795. The number of aromatic nitrogens is 3. The molecule has 0 radical (unpaired) electrons. The summed E-state index contributed by atoms with van der Waals surface area (Å²) in [6, 6.07) is 12.1. The second-order valence-corrected chi connectivity index (χ2v) is 10.5. The Morgan fingerprint density at radius 2 is 1.91 bits per heavy atom. The average Bonchev–Trinajstić information content (AvgIpc) is 3.36. The number of aryl methyl sites for hydroxylation is 2. The van der Waals surface area contributed by atoms with E-state index in [-0.39, 0.29) is 20.8 Å². The quantitative estimate of drug-likeness (QED) is 0.319. The second-order valence-electron chi connectivity index (χ2n) is 7.08. The molecule has 0 aliphatic heterocycles. The Hall–Kier alpha value is -3.29. The predicted octanol–water partition coefficient (Wildman–Crippen LogP) is 3.85. The maximum atomic E-state index is 12.6. The van der Waals surface area contributed by atoms with Gasteiger partial charge in [-0.25, -0.2) is 8.42 Å². The lowest BCUT2D eigenvalue weighted by Crippen LogP contribution is -2.13. The molecule has 0 fully saturated rings. The molecule has 166 valence electrons. The van der Waals surface area contributed by atoms with Crippen LogP contribution in [-0.4, -0.2) is 34.8 Å². The van der Waals surface area contributed by atoms with E-state index in [9.17, 15) is 18.5 Å². The third-order valence-corrected chi connectivity index (χ3v) is 8.03. The number of benzene rings is 1. The van der Waals surface area contributed by atoms with Crippen LogP contribution in [0, 0.1) is 25.2 Å². The summed E-state index contributed by atoms with van der Waals surface area (Å²) in [5, 5.41) is 19.3. The van der Waals surface area contributed by atoms with E-state index in [1.165, 1.54) is 18.6 Å². The Balaban J connectivity index is 1.88. The maximum absolute atomic E-state index is 12.6. The lowest BCUT2D eigenvalue weighted by Gasteiger charge is -2.10. The van der Waals surface area contributed by atoms with Gasteiger partial charge in [0.1, 0.15) is 11.6 Å². The molecule has 0 aliphatic carbocycles. The van der Waals surface area contributed by atoms with Crippen LogP contribution in [0.3, 0.4) is 0 Å². The van der Waals surface area contributed by atoms with Crippen LogP contribution in [0.15, 0.2) is 40.2 Å². The van der Waals surface area contributed by atoms with E-state index in [1.807, 2.05) is 38.1 Å². The minimum absolute atomic E-state index is 0.0182. The van der Waals surface area contributed by atoms with E-state index in [0.29, 0.717) is 0 Å². The average molecular weight is 470 g/mol. The Morgan fingerprint density at radius 3 is 2.50 bits per heavy atom. The van der Waals surface area contributed by atoms with Gasteiger partial charge in [0.25, 0.3) is 5.91 Å². The fraction of sp³-hybridized carbons (Fsp3) is 0.273. The van der Waals surface area contributed by atoms with Crippen LogP contribution < -0.4 is 5.32 Å². The lowest BCUT2D eigenvalue weighted by molar-refractivity contribution is -0.112. The zero-order chi connectivity index (χ0) is 23.5. The van der Waals surface area contributed by atoms with Crippen LogP contribution in [0.4, 0.5) is 5.13 Å². The number of nitriles is 1. The van der Waals surface area contributed by atoms with Crippen LogP contribution in [0.25, 0.3) is 11.8 Å². The van der Waals surface area contributed by atoms with Crippen LogP contribution in [0.5, 0.6) is 0 Å². The van der Waals surface area contributed by atoms with E-state index >= 15 is 0 Å². The first kappa shape index (κ1) is 23.4. The van der Waals surface area contributed by atoms with E-state index in [0.717, 1.165) is 40.4 Å². The van der Waals surface area contributed by atoms with Crippen molar-refractivity contribution in [3.8, 4) is 11.8 Å². The molecule has 0 unspecified atom stereocenters. The Bertz CT molecular complexity index is 1330. The molecule has 0 atom stereocenters. The molecule has 10 heteroatoms. The first-order chi connectivity index (χ1) is 15.2. The van der Waals surface area contributed by atoms with Crippen molar-refractivity contribution in [1.29, 1.82) is 5.26 Å². The molecule has 2 heterocycles. The smallest absolute Gasteiger partial charge is 0.268 e. The summed E-state index contributed by atoms with van der Waals surface area (Å²) in [6.07, 6.45) is 2.47. The normalized spacial score (nSPS) is 11.9. The van der Waals surface area contributed by atoms with Crippen molar-refractivity contribution in [2.75, 3.05) is 11.1 Å². The SMILES string of the molecule is CCc1ccc(-n2c(C)cc(C=C(C#N)C(=O)Nc3nnc(S(=O)(=O)CC)s3)c2C)cc1. The largest absolute Gasteiger partial charge is 0.318 e. The summed E-state index contributed by atoms with van der Waals surface area (Å²) in [7, 11) is -3.51. The standard InChI is InChI=1S/C22H23N5O3S2/c1-5-16-7-9-19(10-8-16)27-14(3)11-17(15(27)4)12-18(13-23)20(28)24-21-25-26-22(31-21)32(29,30)6-2/h7-12H,5-6H2,1-4H3,(H,24,25,28). The van der Waals surface area contributed by atoms with Crippen LogP contribution in [-0.2, 0) is 21.1 Å². The van der Waals surface area contributed by atoms with Gasteiger partial charge in [0.2, 0.25) is 19.3 Å². The molecule has 0 spiro atoms. The summed E-state index contributed by atoms with van der Waals surface area (Å²) in [5.41, 5.74) is 4.71. The number of hydrogen-bond donors (Lipinski definition) is 1. The zero-order valence-electron chi connectivity index (χ0n) is 18.2. The molecule has 8 nitrogen and oxygen atoms in total. The second kappa shape index (κ2) is 9.46. The number of nitrogens with one attached hydrogen (secondary N) is 1. The number of carbonyl (C=O) groups excluding carboxylic acids is 1. The van der Waals surface area contributed by atoms with Crippen LogP contribution >= 0.6 is 11.3 Å². The molecular formula is C22H23N5O3S2. The van der Waals surface area contributed by atoms with Gasteiger partial charge >= 0.3 is 0 Å². The molecule has 1 N–H and O–H groups in total. The summed E-state index contributed by atoms with van der Waals surface area (Å²) in [6.45, 7) is 7.48. The van der Waals surface area contributed by atoms with Gasteiger partial charge < -0.3 is 4.57 Å². The highest BCUT2D eigenvalue weighted by molar-refractivity contribution is 7.93. The molecular weight excluding hydrogens is 446 g/mol. The molecule has 0 saturated heterocycles. The van der Waals surface area contributed by atoms with E-state index in [1.54, 1.807) is 0 Å². The Morgan fingerprint density at radius 1 is 1.22 bits per heavy atom. The third-order valence-electron chi connectivity index (χ3n) is 5.01. The Kier molecular flexibility index (Phi) is 6.91. The molecule has 32 heavy (non-hydrogen) atoms. The number of rotatable bonds is 7. The number of sulfone groups is 1. The monoisotopic (exact) mass is 469 g/mol. The van der Waals surface area contributed by atoms with Crippen LogP contribution in [0.2, 0.25) is 0 Å². The van der Waals surface area contributed by atoms with Gasteiger partial charge in [-0.05, 0) is 55.7 Å². The van der Waals surface area contributed by atoms with Gasteiger partial charge in [-0.3, -0.25) is 10.1 Å².